The van der Waals surface area contributed by atoms with Gasteiger partial charge in [0.2, 0.25) is 0 Å². The molecule has 0 unspecified atom stereocenters. The summed E-state index contributed by atoms with van der Waals surface area (Å²) < 4.78 is 51.2. The summed E-state index contributed by atoms with van der Waals surface area (Å²) in [6, 6.07) is 7.82. The number of halogens is 4. The van der Waals surface area contributed by atoms with Gasteiger partial charge in [-0.3, -0.25) is 0 Å². The minimum Gasteiger partial charge on any atom is -0.370 e. The van der Waals surface area contributed by atoms with Gasteiger partial charge in [-0.1, -0.05) is 6.07 Å². The van der Waals surface area contributed by atoms with E-state index in [4.69, 9.17) is 0 Å². The van der Waals surface area contributed by atoms with Crippen molar-refractivity contribution in [3.63, 3.8) is 0 Å². The Bertz CT molecular complexity index is 608. The van der Waals surface area contributed by atoms with Crippen LogP contribution >= 0.6 is 0 Å². The van der Waals surface area contributed by atoms with E-state index in [1.807, 2.05) is 6.92 Å². The summed E-state index contributed by atoms with van der Waals surface area (Å²) in [5.41, 5.74) is -0.710. The normalized spacial score (nSPS) is 11.4. The van der Waals surface area contributed by atoms with Gasteiger partial charge in [-0.05, 0) is 37.3 Å². The lowest BCUT2D eigenvalue weighted by Crippen LogP contribution is -2.08. The lowest BCUT2D eigenvalue weighted by Gasteiger charge is -2.10. The van der Waals surface area contributed by atoms with Crippen LogP contribution in [0.4, 0.5) is 23.4 Å². The number of rotatable bonds is 3. The standard InChI is InChI=1S/C14H12F4N2/c1-2-19-13-5-3-4-12(20-13)9-6-7-11(15)10(8-9)14(16,17)18/h3-8H,2H2,1H3,(H,19,20). The number of nitrogens with one attached hydrogen (secondary N) is 1. The molecule has 2 aromatic rings. The Morgan fingerprint density at radius 3 is 2.55 bits per heavy atom. The fourth-order valence-corrected chi connectivity index (χ4v) is 1.78. The van der Waals surface area contributed by atoms with Gasteiger partial charge in [0.1, 0.15) is 11.6 Å². The highest BCUT2D eigenvalue weighted by Gasteiger charge is 2.34. The Morgan fingerprint density at radius 2 is 1.90 bits per heavy atom. The third-order valence-corrected chi connectivity index (χ3v) is 2.67. The van der Waals surface area contributed by atoms with Gasteiger partial charge < -0.3 is 5.32 Å². The average molecular weight is 284 g/mol. The molecule has 2 nitrogen and oxygen atoms in total. The van der Waals surface area contributed by atoms with E-state index < -0.39 is 17.6 Å². The van der Waals surface area contributed by atoms with Crippen molar-refractivity contribution in [2.24, 2.45) is 0 Å². The molecule has 0 saturated carbocycles. The van der Waals surface area contributed by atoms with E-state index in [-0.39, 0.29) is 5.56 Å². The number of hydrogen-bond donors (Lipinski definition) is 1. The van der Waals surface area contributed by atoms with Gasteiger partial charge in [0, 0.05) is 12.1 Å². The van der Waals surface area contributed by atoms with E-state index in [2.05, 4.69) is 10.3 Å². The zero-order valence-electron chi connectivity index (χ0n) is 10.6. The number of aromatic nitrogens is 1. The highest BCUT2D eigenvalue weighted by molar-refractivity contribution is 5.62. The molecule has 20 heavy (non-hydrogen) atoms. The van der Waals surface area contributed by atoms with Crippen LogP contribution in [0, 0.1) is 5.82 Å². The average Bonchev–Trinajstić information content (AvgIpc) is 2.38. The highest BCUT2D eigenvalue weighted by Crippen LogP contribution is 2.34. The van der Waals surface area contributed by atoms with Crippen LogP contribution in [0.5, 0.6) is 0 Å². The van der Waals surface area contributed by atoms with Crippen LogP contribution in [0.2, 0.25) is 0 Å². The van der Waals surface area contributed by atoms with Crippen LogP contribution in [0.15, 0.2) is 36.4 Å². The van der Waals surface area contributed by atoms with Crippen LogP contribution in [0.3, 0.4) is 0 Å². The van der Waals surface area contributed by atoms with Crippen molar-refractivity contribution < 1.29 is 17.6 Å². The fraction of sp³-hybridized carbons (Fsp3) is 0.214. The van der Waals surface area contributed by atoms with Gasteiger partial charge in [0.05, 0.1) is 11.3 Å². The summed E-state index contributed by atoms with van der Waals surface area (Å²) >= 11 is 0. The number of nitrogens with zero attached hydrogens (tertiary/aromatic N) is 1. The van der Waals surface area contributed by atoms with Crippen LogP contribution in [0.1, 0.15) is 12.5 Å². The minimum absolute atomic E-state index is 0.221. The van der Waals surface area contributed by atoms with Crippen LogP contribution in [-0.2, 0) is 6.18 Å². The molecule has 0 bridgehead atoms. The second-order valence-electron chi connectivity index (χ2n) is 4.13. The van der Waals surface area contributed by atoms with E-state index in [9.17, 15) is 17.6 Å². The zero-order chi connectivity index (χ0) is 14.8. The molecule has 0 radical (unpaired) electrons. The van der Waals surface area contributed by atoms with Gasteiger partial charge in [0.15, 0.2) is 0 Å². The maximum Gasteiger partial charge on any atom is 0.419 e. The SMILES string of the molecule is CCNc1cccc(-c2ccc(F)c(C(F)(F)F)c2)n1. The molecule has 0 aliphatic heterocycles. The van der Waals surface area contributed by atoms with Crippen molar-refractivity contribution in [1.29, 1.82) is 0 Å². The van der Waals surface area contributed by atoms with Crippen molar-refractivity contribution in [2.45, 2.75) is 13.1 Å². The predicted octanol–water partition coefficient (Wildman–Crippen LogP) is 4.34. The minimum atomic E-state index is -4.72. The summed E-state index contributed by atoms with van der Waals surface area (Å²) in [6.45, 7) is 2.53. The first-order chi connectivity index (χ1) is 9.41. The summed E-state index contributed by atoms with van der Waals surface area (Å²) in [6.07, 6.45) is -4.72. The number of hydrogen-bond acceptors (Lipinski definition) is 2. The Kier molecular flexibility index (Phi) is 3.92. The highest BCUT2D eigenvalue weighted by atomic mass is 19.4. The fourth-order valence-electron chi connectivity index (χ4n) is 1.78. The Balaban J connectivity index is 2.45. The number of alkyl halides is 3. The molecule has 1 N–H and O–H groups in total. The van der Waals surface area contributed by atoms with E-state index in [1.54, 1.807) is 18.2 Å². The van der Waals surface area contributed by atoms with Crippen LogP contribution < -0.4 is 5.32 Å². The van der Waals surface area contributed by atoms with Gasteiger partial charge in [-0.25, -0.2) is 9.37 Å². The van der Waals surface area contributed by atoms with Crippen LogP contribution in [0.25, 0.3) is 11.3 Å². The molecule has 0 aliphatic carbocycles. The first-order valence-corrected chi connectivity index (χ1v) is 6.00. The molecule has 0 amide bonds. The number of anilines is 1. The largest absolute Gasteiger partial charge is 0.419 e. The third kappa shape index (κ3) is 3.07. The molecule has 1 aromatic carbocycles. The lowest BCUT2D eigenvalue weighted by atomic mass is 10.1. The van der Waals surface area contributed by atoms with E-state index >= 15 is 0 Å². The van der Waals surface area contributed by atoms with Crippen molar-refractivity contribution in [1.82, 2.24) is 4.98 Å². The van der Waals surface area contributed by atoms with Gasteiger partial charge in [-0.15, -0.1) is 0 Å². The molecule has 0 atom stereocenters. The second kappa shape index (κ2) is 5.48. The first kappa shape index (κ1) is 14.3. The Hall–Kier alpha value is -2.11. The molecule has 0 spiro atoms. The topological polar surface area (TPSA) is 24.9 Å². The molecule has 0 saturated heterocycles. The predicted molar refractivity (Wildman–Crippen MR) is 68.8 cm³/mol. The molecular weight excluding hydrogens is 272 g/mol. The first-order valence-electron chi connectivity index (χ1n) is 6.00. The van der Waals surface area contributed by atoms with Crippen molar-refractivity contribution in [3.05, 3.63) is 47.8 Å². The smallest absolute Gasteiger partial charge is 0.370 e. The van der Waals surface area contributed by atoms with E-state index in [0.717, 1.165) is 12.1 Å². The molecule has 0 aliphatic rings. The van der Waals surface area contributed by atoms with Crippen molar-refractivity contribution in [2.75, 3.05) is 11.9 Å². The molecule has 106 valence electrons. The second-order valence-corrected chi connectivity index (χ2v) is 4.13. The molecule has 1 heterocycles. The van der Waals surface area contributed by atoms with Crippen molar-refractivity contribution >= 4 is 5.82 Å². The molecule has 2 rings (SSSR count). The Morgan fingerprint density at radius 1 is 1.15 bits per heavy atom. The maximum atomic E-state index is 13.2. The summed E-state index contributed by atoms with van der Waals surface area (Å²) in [7, 11) is 0. The van der Waals surface area contributed by atoms with Gasteiger partial charge >= 0.3 is 6.18 Å². The van der Waals surface area contributed by atoms with E-state index in [1.165, 1.54) is 6.07 Å². The summed E-state index contributed by atoms with van der Waals surface area (Å²) in [5.74, 6) is -0.730. The zero-order valence-corrected chi connectivity index (χ0v) is 10.6. The molecule has 0 fully saturated rings. The molecular formula is C14H12F4N2. The van der Waals surface area contributed by atoms with Crippen LogP contribution in [-0.4, -0.2) is 11.5 Å². The van der Waals surface area contributed by atoms with Crippen molar-refractivity contribution in [3.8, 4) is 11.3 Å². The van der Waals surface area contributed by atoms with E-state index in [0.29, 0.717) is 18.1 Å². The van der Waals surface area contributed by atoms with Gasteiger partial charge in [0.25, 0.3) is 0 Å². The Labute approximate surface area is 113 Å². The number of benzene rings is 1. The molecule has 1 aromatic heterocycles. The number of pyridine rings is 1. The molecule has 6 heteroatoms. The maximum absolute atomic E-state index is 13.2. The van der Waals surface area contributed by atoms with Gasteiger partial charge in [-0.2, -0.15) is 13.2 Å². The lowest BCUT2D eigenvalue weighted by molar-refractivity contribution is -0.139. The third-order valence-electron chi connectivity index (χ3n) is 2.67. The summed E-state index contributed by atoms with van der Waals surface area (Å²) in [5, 5.41) is 2.97. The quantitative estimate of drug-likeness (QED) is 0.848. The monoisotopic (exact) mass is 284 g/mol. The summed E-state index contributed by atoms with van der Waals surface area (Å²) in [4.78, 5) is 4.18.